The highest BCUT2D eigenvalue weighted by Gasteiger charge is 2.10. The molecule has 1 amide bonds. The van der Waals surface area contributed by atoms with Crippen molar-refractivity contribution >= 4 is 17.7 Å². The molecular formula is C18H27N3O2. The van der Waals surface area contributed by atoms with Crippen molar-refractivity contribution in [3.8, 4) is 0 Å². The summed E-state index contributed by atoms with van der Waals surface area (Å²) in [5.74, 6) is -0.0407. The second kappa shape index (κ2) is 9.33. The Labute approximate surface area is 138 Å². The van der Waals surface area contributed by atoms with Crippen LogP contribution in [0, 0.1) is 0 Å². The quantitative estimate of drug-likeness (QED) is 0.613. The second-order valence-corrected chi connectivity index (χ2v) is 5.97. The van der Waals surface area contributed by atoms with Gasteiger partial charge in [0.25, 0.3) is 0 Å². The third-order valence-electron chi connectivity index (χ3n) is 3.78. The molecule has 126 valence electrons. The van der Waals surface area contributed by atoms with Crippen LogP contribution in [-0.4, -0.2) is 64.3 Å². The van der Waals surface area contributed by atoms with E-state index in [1.807, 2.05) is 32.3 Å². The molecule has 1 N–H and O–H groups in total. The van der Waals surface area contributed by atoms with Crippen molar-refractivity contribution < 1.29 is 9.53 Å². The second-order valence-electron chi connectivity index (χ2n) is 5.97. The standard InChI is InChI=1S/C18H27N3O2/c1-20(2)11-3-10-19-18(22)9-6-16-4-7-17(8-5-16)21-12-14-23-15-13-21/h4-9H,3,10-15H2,1-2H3,(H,19,22). The SMILES string of the molecule is CN(C)CCCNC(=O)C=Cc1ccc(N2CCOCC2)cc1. The van der Waals surface area contributed by atoms with Gasteiger partial charge in [-0.1, -0.05) is 12.1 Å². The molecule has 0 aromatic heterocycles. The molecule has 5 heteroatoms. The van der Waals surface area contributed by atoms with E-state index in [0.717, 1.165) is 44.8 Å². The van der Waals surface area contributed by atoms with Crippen molar-refractivity contribution in [3.05, 3.63) is 35.9 Å². The van der Waals surface area contributed by atoms with E-state index >= 15 is 0 Å². The zero-order chi connectivity index (χ0) is 16.5. The number of carbonyl (C=O) groups is 1. The van der Waals surface area contributed by atoms with Crippen molar-refractivity contribution in [2.45, 2.75) is 6.42 Å². The van der Waals surface area contributed by atoms with Crippen molar-refractivity contribution in [1.82, 2.24) is 10.2 Å². The van der Waals surface area contributed by atoms with Gasteiger partial charge in [0.1, 0.15) is 0 Å². The lowest BCUT2D eigenvalue weighted by molar-refractivity contribution is -0.116. The van der Waals surface area contributed by atoms with Gasteiger partial charge >= 0.3 is 0 Å². The number of anilines is 1. The number of morpholine rings is 1. The monoisotopic (exact) mass is 317 g/mol. The Bertz CT molecular complexity index is 506. The minimum Gasteiger partial charge on any atom is -0.378 e. The molecule has 0 atom stereocenters. The fourth-order valence-corrected chi connectivity index (χ4v) is 2.46. The topological polar surface area (TPSA) is 44.8 Å². The fraction of sp³-hybridized carbons (Fsp3) is 0.500. The Morgan fingerprint density at radius 1 is 1.26 bits per heavy atom. The van der Waals surface area contributed by atoms with E-state index in [1.165, 1.54) is 5.69 Å². The van der Waals surface area contributed by atoms with Crippen LogP contribution >= 0.6 is 0 Å². The molecule has 1 fully saturated rings. The van der Waals surface area contributed by atoms with Crippen LogP contribution in [0.25, 0.3) is 6.08 Å². The molecule has 0 saturated carbocycles. The molecule has 5 nitrogen and oxygen atoms in total. The van der Waals surface area contributed by atoms with Gasteiger partial charge in [0.05, 0.1) is 13.2 Å². The van der Waals surface area contributed by atoms with Gasteiger partial charge in [0, 0.05) is 31.4 Å². The van der Waals surface area contributed by atoms with E-state index in [9.17, 15) is 4.79 Å². The highest BCUT2D eigenvalue weighted by atomic mass is 16.5. The van der Waals surface area contributed by atoms with Crippen molar-refractivity contribution in [2.24, 2.45) is 0 Å². The minimum absolute atomic E-state index is 0.0407. The Morgan fingerprint density at radius 3 is 2.61 bits per heavy atom. The first kappa shape index (κ1) is 17.5. The van der Waals surface area contributed by atoms with Gasteiger partial charge in [0.2, 0.25) is 5.91 Å². The van der Waals surface area contributed by atoms with Crippen LogP contribution in [0.1, 0.15) is 12.0 Å². The first-order valence-electron chi connectivity index (χ1n) is 8.18. The van der Waals surface area contributed by atoms with Crippen LogP contribution in [0.2, 0.25) is 0 Å². The van der Waals surface area contributed by atoms with Crippen molar-refractivity contribution in [1.29, 1.82) is 0 Å². The molecular weight excluding hydrogens is 290 g/mol. The first-order valence-corrected chi connectivity index (χ1v) is 8.18. The molecule has 1 aliphatic heterocycles. The summed E-state index contributed by atoms with van der Waals surface area (Å²) in [4.78, 5) is 16.2. The maximum Gasteiger partial charge on any atom is 0.243 e. The summed E-state index contributed by atoms with van der Waals surface area (Å²) in [7, 11) is 4.06. The number of benzene rings is 1. The molecule has 1 aromatic carbocycles. The maximum absolute atomic E-state index is 11.7. The molecule has 0 bridgehead atoms. The van der Waals surface area contributed by atoms with Gasteiger partial charge in [-0.05, 0) is 50.8 Å². The van der Waals surface area contributed by atoms with Crippen molar-refractivity contribution in [2.75, 3.05) is 58.4 Å². The summed E-state index contributed by atoms with van der Waals surface area (Å²) in [6.45, 7) is 5.13. The molecule has 1 aromatic rings. The van der Waals surface area contributed by atoms with E-state index in [4.69, 9.17) is 4.74 Å². The molecule has 1 aliphatic rings. The zero-order valence-corrected chi connectivity index (χ0v) is 14.1. The lowest BCUT2D eigenvalue weighted by Crippen LogP contribution is -2.36. The predicted octanol–water partition coefficient (Wildman–Crippen LogP) is 1.60. The van der Waals surface area contributed by atoms with Crippen LogP contribution in [0.3, 0.4) is 0 Å². The lowest BCUT2D eigenvalue weighted by atomic mass is 10.1. The van der Waals surface area contributed by atoms with Gasteiger partial charge in [0.15, 0.2) is 0 Å². The highest BCUT2D eigenvalue weighted by Crippen LogP contribution is 2.17. The number of carbonyl (C=O) groups excluding carboxylic acids is 1. The predicted molar refractivity (Wildman–Crippen MR) is 94.7 cm³/mol. The van der Waals surface area contributed by atoms with Crippen LogP contribution in [0.5, 0.6) is 0 Å². The van der Waals surface area contributed by atoms with Gasteiger partial charge < -0.3 is 19.9 Å². The van der Waals surface area contributed by atoms with Crippen LogP contribution in [0.4, 0.5) is 5.69 Å². The molecule has 0 unspecified atom stereocenters. The summed E-state index contributed by atoms with van der Waals surface area (Å²) < 4.78 is 5.36. The number of hydrogen-bond donors (Lipinski definition) is 1. The number of amides is 1. The molecule has 1 saturated heterocycles. The molecule has 23 heavy (non-hydrogen) atoms. The number of nitrogens with one attached hydrogen (secondary N) is 1. The van der Waals surface area contributed by atoms with E-state index in [2.05, 4.69) is 27.2 Å². The average molecular weight is 317 g/mol. The third kappa shape index (κ3) is 6.42. The first-order chi connectivity index (χ1) is 11.1. The van der Waals surface area contributed by atoms with Crippen LogP contribution in [0.15, 0.2) is 30.3 Å². The molecule has 1 heterocycles. The van der Waals surface area contributed by atoms with Gasteiger partial charge in [-0.3, -0.25) is 4.79 Å². The van der Waals surface area contributed by atoms with E-state index in [-0.39, 0.29) is 5.91 Å². The lowest BCUT2D eigenvalue weighted by Gasteiger charge is -2.28. The smallest absolute Gasteiger partial charge is 0.243 e. The summed E-state index contributed by atoms with van der Waals surface area (Å²) >= 11 is 0. The number of ether oxygens (including phenoxy) is 1. The molecule has 0 spiro atoms. The minimum atomic E-state index is -0.0407. The third-order valence-corrected chi connectivity index (χ3v) is 3.78. The highest BCUT2D eigenvalue weighted by molar-refractivity contribution is 5.91. The average Bonchev–Trinajstić information content (AvgIpc) is 2.58. The van der Waals surface area contributed by atoms with E-state index in [0.29, 0.717) is 6.54 Å². The molecule has 0 radical (unpaired) electrons. The summed E-state index contributed by atoms with van der Waals surface area (Å²) in [5, 5.41) is 2.90. The Balaban J connectivity index is 1.77. The zero-order valence-electron chi connectivity index (χ0n) is 14.1. The molecule has 0 aliphatic carbocycles. The van der Waals surface area contributed by atoms with E-state index in [1.54, 1.807) is 6.08 Å². The number of nitrogens with zero attached hydrogens (tertiary/aromatic N) is 2. The van der Waals surface area contributed by atoms with Gasteiger partial charge in [-0.25, -0.2) is 0 Å². The number of rotatable bonds is 7. The maximum atomic E-state index is 11.7. The van der Waals surface area contributed by atoms with Gasteiger partial charge in [-0.15, -0.1) is 0 Å². The van der Waals surface area contributed by atoms with Crippen LogP contribution in [-0.2, 0) is 9.53 Å². The Kier molecular flexibility index (Phi) is 7.10. The Morgan fingerprint density at radius 2 is 1.96 bits per heavy atom. The van der Waals surface area contributed by atoms with E-state index < -0.39 is 0 Å². The normalized spacial score (nSPS) is 15.3. The summed E-state index contributed by atoms with van der Waals surface area (Å²) in [6.07, 6.45) is 4.41. The Hall–Kier alpha value is -1.85. The largest absolute Gasteiger partial charge is 0.378 e. The van der Waals surface area contributed by atoms with Crippen molar-refractivity contribution in [3.63, 3.8) is 0 Å². The van der Waals surface area contributed by atoms with Crippen LogP contribution < -0.4 is 10.2 Å². The number of hydrogen-bond acceptors (Lipinski definition) is 4. The summed E-state index contributed by atoms with van der Waals surface area (Å²) in [6, 6.07) is 8.28. The summed E-state index contributed by atoms with van der Waals surface area (Å²) in [5.41, 5.74) is 2.24. The van der Waals surface area contributed by atoms with Gasteiger partial charge in [-0.2, -0.15) is 0 Å². The fourth-order valence-electron chi connectivity index (χ4n) is 2.46. The molecule has 2 rings (SSSR count).